The molecule has 65 valence electrons. The zero-order valence-electron chi connectivity index (χ0n) is 7.52. The molecule has 0 amide bonds. The summed E-state index contributed by atoms with van der Waals surface area (Å²) < 4.78 is 6.42. The van der Waals surface area contributed by atoms with Crippen molar-refractivity contribution in [3.05, 3.63) is 33.3 Å². The van der Waals surface area contributed by atoms with Gasteiger partial charge >= 0.3 is 0 Å². The van der Waals surface area contributed by atoms with Gasteiger partial charge in [0, 0.05) is 9.49 Å². The van der Waals surface area contributed by atoms with Gasteiger partial charge in [-0.15, -0.1) is 0 Å². The van der Waals surface area contributed by atoms with Crippen molar-refractivity contribution in [2.24, 2.45) is 0 Å². The molecule has 0 atom stereocenters. The molecule has 0 saturated heterocycles. The first-order valence-corrected chi connectivity index (χ1v) is 4.87. The number of ether oxygens (including phenoxy) is 1. The van der Waals surface area contributed by atoms with Crippen molar-refractivity contribution in [3.8, 4) is 5.75 Å². The van der Waals surface area contributed by atoms with Gasteiger partial charge in [-0.05, 0) is 46.4 Å². The van der Waals surface area contributed by atoms with Crippen LogP contribution in [0.1, 0.15) is 19.4 Å². The van der Waals surface area contributed by atoms with Crippen LogP contribution in [-0.4, -0.2) is 7.11 Å². The highest BCUT2D eigenvalue weighted by Gasteiger charge is 2.05. The lowest BCUT2D eigenvalue weighted by Gasteiger charge is -2.09. The Morgan fingerprint density at radius 1 is 1.33 bits per heavy atom. The second-order valence-corrected chi connectivity index (χ2v) is 4.01. The summed E-state index contributed by atoms with van der Waals surface area (Å²) >= 11 is 2.33. The van der Waals surface area contributed by atoms with Gasteiger partial charge in [-0.2, -0.15) is 0 Å². The molecule has 0 aromatic heterocycles. The van der Waals surface area contributed by atoms with Gasteiger partial charge in [-0.25, -0.2) is 0 Å². The van der Waals surface area contributed by atoms with Crippen LogP contribution in [-0.2, 0) is 0 Å². The molecular formula is C10H12IO. The van der Waals surface area contributed by atoms with Crippen molar-refractivity contribution < 1.29 is 4.74 Å². The first-order chi connectivity index (χ1) is 5.65. The van der Waals surface area contributed by atoms with Gasteiger partial charge in [0.2, 0.25) is 0 Å². The molecule has 0 unspecified atom stereocenters. The van der Waals surface area contributed by atoms with E-state index in [1.54, 1.807) is 7.11 Å². The third-order valence-corrected chi connectivity index (χ3v) is 2.65. The summed E-state index contributed by atoms with van der Waals surface area (Å²) in [7, 11) is 1.69. The van der Waals surface area contributed by atoms with E-state index in [0.29, 0.717) is 0 Å². The molecule has 1 radical (unpaired) electrons. The fraction of sp³-hybridized carbons (Fsp3) is 0.300. The maximum absolute atomic E-state index is 5.14. The quantitative estimate of drug-likeness (QED) is 0.753. The highest BCUT2D eigenvalue weighted by atomic mass is 127. The lowest BCUT2D eigenvalue weighted by molar-refractivity contribution is 0.414. The van der Waals surface area contributed by atoms with Crippen LogP contribution in [0.15, 0.2) is 18.2 Å². The Balaban J connectivity index is 3.08. The van der Waals surface area contributed by atoms with Crippen molar-refractivity contribution in [1.82, 2.24) is 0 Å². The van der Waals surface area contributed by atoms with Crippen LogP contribution in [0.3, 0.4) is 0 Å². The molecule has 0 saturated carbocycles. The fourth-order valence-electron chi connectivity index (χ4n) is 1.01. The smallest absolute Gasteiger partial charge is 0.119 e. The molecule has 2 heteroatoms. The first kappa shape index (κ1) is 9.84. The molecule has 1 aromatic rings. The highest BCUT2D eigenvalue weighted by Crippen LogP contribution is 2.24. The Morgan fingerprint density at radius 2 is 2.00 bits per heavy atom. The molecule has 0 aliphatic carbocycles. The van der Waals surface area contributed by atoms with E-state index in [-0.39, 0.29) is 0 Å². The summed E-state index contributed by atoms with van der Waals surface area (Å²) in [4.78, 5) is 0. The van der Waals surface area contributed by atoms with Crippen molar-refractivity contribution in [1.29, 1.82) is 0 Å². The Morgan fingerprint density at radius 3 is 2.50 bits per heavy atom. The third-order valence-electron chi connectivity index (χ3n) is 1.71. The molecule has 0 aliphatic heterocycles. The summed E-state index contributed by atoms with van der Waals surface area (Å²) in [6.45, 7) is 4.22. The molecule has 0 aliphatic rings. The standard InChI is InChI=1S/C10H12IO/c1-7(2)9-6-8(12-3)4-5-10(9)11/h4-6H,1-3H3. The topological polar surface area (TPSA) is 9.23 Å². The van der Waals surface area contributed by atoms with Crippen LogP contribution in [0.4, 0.5) is 0 Å². The Hall–Kier alpha value is -0.250. The highest BCUT2D eigenvalue weighted by molar-refractivity contribution is 14.1. The van der Waals surface area contributed by atoms with E-state index in [1.807, 2.05) is 6.07 Å². The molecule has 0 fully saturated rings. The number of halogens is 1. The number of methoxy groups -OCH3 is 1. The van der Waals surface area contributed by atoms with Crippen molar-refractivity contribution >= 4 is 22.6 Å². The van der Waals surface area contributed by atoms with Crippen LogP contribution in [0, 0.1) is 9.49 Å². The maximum Gasteiger partial charge on any atom is 0.119 e. The van der Waals surface area contributed by atoms with Crippen LogP contribution in [0.2, 0.25) is 0 Å². The minimum Gasteiger partial charge on any atom is -0.497 e. The van der Waals surface area contributed by atoms with E-state index in [1.165, 1.54) is 15.1 Å². The summed E-state index contributed by atoms with van der Waals surface area (Å²) in [5, 5.41) is 0. The van der Waals surface area contributed by atoms with Crippen LogP contribution < -0.4 is 4.74 Å². The van der Waals surface area contributed by atoms with Gasteiger partial charge in [0.25, 0.3) is 0 Å². The number of hydrogen-bond acceptors (Lipinski definition) is 1. The minimum atomic E-state index is 0.923. The van der Waals surface area contributed by atoms with Crippen molar-refractivity contribution in [2.75, 3.05) is 7.11 Å². The normalized spacial score (nSPS) is 10.4. The number of rotatable bonds is 2. The SMILES string of the molecule is COc1ccc(I)c([C](C)C)c1. The Bertz CT molecular complexity index is 269. The average Bonchev–Trinajstić information content (AvgIpc) is 2.05. The Labute approximate surface area is 87.3 Å². The van der Waals surface area contributed by atoms with Crippen LogP contribution >= 0.6 is 22.6 Å². The van der Waals surface area contributed by atoms with Crippen molar-refractivity contribution in [2.45, 2.75) is 13.8 Å². The van der Waals surface area contributed by atoms with Crippen molar-refractivity contribution in [3.63, 3.8) is 0 Å². The summed E-state index contributed by atoms with van der Waals surface area (Å²) in [5.74, 6) is 2.24. The van der Waals surface area contributed by atoms with Gasteiger partial charge in [-0.3, -0.25) is 0 Å². The third kappa shape index (κ3) is 2.12. The molecular weight excluding hydrogens is 263 g/mol. The van der Waals surface area contributed by atoms with E-state index in [9.17, 15) is 0 Å². The van der Waals surface area contributed by atoms with E-state index < -0.39 is 0 Å². The van der Waals surface area contributed by atoms with Gasteiger partial charge in [-0.1, -0.05) is 13.8 Å². The van der Waals surface area contributed by atoms with Gasteiger partial charge < -0.3 is 4.74 Å². The van der Waals surface area contributed by atoms with Gasteiger partial charge in [0.1, 0.15) is 5.75 Å². The zero-order chi connectivity index (χ0) is 9.14. The van der Waals surface area contributed by atoms with E-state index in [2.05, 4.69) is 48.6 Å². The van der Waals surface area contributed by atoms with Gasteiger partial charge in [0.05, 0.1) is 7.11 Å². The molecule has 0 heterocycles. The van der Waals surface area contributed by atoms with E-state index in [0.717, 1.165) is 5.75 Å². The second-order valence-electron chi connectivity index (χ2n) is 2.85. The molecule has 0 N–H and O–H groups in total. The average molecular weight is 275 g/mol. The largest absolute Gasteiger partial charge is 0.497 e. The van der Waals surface area contributed by atoms with Crippen LogP contribution in [0.25, 0.3) is 0 Å². The van der Waals surface area contributed by atoms with E-state index >= 15 is 0 Å². The lowest BCUT2D eigenvalue weighted by atomic mass is 10.0. The molecule has 1 aromatic carbocycles. The summed E-state index contributed by atoms with van der Waals surface area (Å²) in [5.41, 5.74) is 1.27. The molecule has 12 heavy (non-hydrogen) atoms. The monoisotopic (exact) mass is 275 g/mol. The number of hydrogen-bond donors (Lipinski definition) is 0. The number of benzene rings is 1. The molecule has 0 spiro atoms. The predicted molar refractivity (Wildman–Crippen MR) is 59.4 cm³/mol. The second kappa shape index (κ2) is 4.12. The van der Waals surface area contributed by atoms with E-state index in [4.69, 9.17) is 4.74 Å². The Kier molecular flexibility index (Phi) is 3.38. The summed E-state index contributed by atoms with van der Waals surface area (Å²) in [6, 6.07) is 6.12. The van der Waals surface area contributed by atoms with Gasteiger partial charge in [0.15, 0.2) is 0 Å². The predicted octanol–water partition coefficient (Wildman–Crippen LogP) is 3.26. The fourth-order valence-corrected chi connectivity index (χ4v) is 1.89. The molecule has 1 nitrogen and oxygen atoms in total. The molecule has 1 rings (SSSR count). The van der Waals surface area contributed by atoms with Crippen LogP contribution in [0.5, 0.6) is 5.75 Å². The molecule has 0 bridgehead atoms. The minimum absolute atomic E-state index is 0.923. The lowest BCUT2D eigenvalue weighted by Crippen LogP contribution is -1.93. The zero-order valence-corrected chi connectivity index (χ0v) is 9.68. The first-order valence-electron chi connectivity index (χ1n) is 3.79. The summed E-state index contributed by atoms with van der Waals surface area (Å²) in [6.07, 6.45) is 0. The maximum atomic E-state index is 5.14.